The van der Waals surface area contributed by atoms with E-state index in [1.54, 1.807) is 14.2 Å². The van der Waals surface area contributed by atoms with Crippen molar-refractivity contribution < 1.29 is 14.2 Å². The molecule has 25 heavy (non-hydrogen) atoms. The number of hydrogen-bond donors (Lipinski definition) is 0. The second-order valence-corrected chi connectivity index (χ2v) is 7.37. The summed E-state index contributed by atoms with van der Waals surface area (Å²) in [4.78, 5) is 5.17. The van der Waals surface area contributed by atoms with Crippen molar-refractivity contribution in [3.05, 3.63) is 23.8 Å². The fraction of sp³-hybridized carbons (Fsp3) is 0.700. The second-order valence-electron chi connectivity index (χ2n) is 7.37. The zero-order valence-corrected chi connectivity index (χ0v) is 16.0. The zero-order chi connectivity index (χ0) is 17.8. The van der Waals surface area contributed by atoms with Crippen LogP contribution in [-0.2, 0) is 11.3 Å². The van der Waals surface area contributed by atoms with Crippen molar-refractivity contribution in [1.82, 2.24) is 9.80 Å². The molecule has 5 nitrogen and oxygen atoms in total. The molecule has 0 aromatic heterocycles. The Hall–Kier alpha value is -1.30. The van der Waals surface area contributed by atoms with Gasteiger partial charge in [0, 0.05) is 31.2 Å². The van der Waals surface area contributed by atoms with E-state index in [-0.39, 0.29) is 0 Å². The number of benzene rings is 1. The molecule has 0 aliphatic carbocycles. The Kier molecular flexibility index (Phi) is 6.20. The Morgan fingerprint density at radius 2 is 1.72 bits per heavy atom. The molecular weight excluding hydrogens is 316 g/mol. The number of methoxy groups -OCH3 is 2. The minimum atomic E-state index is 0.350. The highest BCUT2D eigenvalue weighted by Crippen LogP contribution is 2.32. The quantitative estimate of drug-likeness (QED) is 0.817. The average molecular weight is 348 g/mol. The molecule has 0 spiro atoms. The maximum absolute atomic E-state index is 5.88. The minimum absolute atomic E-state index is 0.350. The first-order valence-electron chi connectivity index (χ1n) is 9.42. The predicted molar refractivity (Wildman–Crippen MR) is 99.4 cm³/mol. The smallest absolute Gasteiger partial charge is 0.165 e. The van der Waals surface area contributed by atoms with Crippen LogP contribution in [0.25, 0.3) is 0 Å². The highest BCUT2D eigenvalue weighted by molar-refractivity contribution is 5.46. The lowest BCUT2D eigenvalue weighted by atomic mass is 10.0. The van der Waals surface area contributed by atoms with Crippen LogP contribution in [-0.4, -0.2) is 68.4 Å². The summed E-state index contributed by atoms with van der Waals surface area (Å²) in [5.74, 6) is 1.68. The number of morpholine rings is 1. The molecule has 2 aliphatic rings. The summed E-state index contributed by atoms with van der Waals surface area (Å²) in [7, 11) is 3.41. The van der Waals surface area contributed by atoms with Gasteiger partial charge in [0.25, 0.3) is 0 Å². The molecule has 2 unspecified atom stereocenters. The number of likely N-dealkylation sites (tertiary alicyclic amines) is 1. The lowest BCUT2D eigenvalue weighted by Crippen LogP contribution is -2.53. The Bertz CT molecular complexity index is 548. The van der Waals surface area contributed by atoms with E-state index in [0.717, 1.165) is 44.2 Å². The molecule has 2 saturated heterocycles. The van der Waals surface area contributed by atoms with Crippen molar-refractivity contribution in [3.63, 3.8) is 0 Å². The first kappa shape index (κ1) is 18.5. The van der Waals surface area contributed by atoms with E-state index in [9.17, 15) is 0 Å². The van der Waals surface area contributed by atoms with Gasteiger partial charge in [-0.3, -0.25) is 9.80 Å². The molecule has 140 valence electrons. The first-order chi connectivity index (χ1) is 12.1. The number of hydrogen-bond acceptors (Lipinski definition) is 5. The third kappa shape index (κ3) is 4.46. The van der Waals surface area contributed by atoms with Gasteiger partial charge in [0.2, 0.25) is 0 Å². The van der Waals surface area contributed by atoms with Crippen LogP contribution >= 0.6 is 0 Å². The topological polar surface area (TPSA) is 34.2 Å². The third-order valence-electron chi connectivity index (χ3n) is 5.40. The molecule has 0 amide bonds. The number of para-hydroxylation sites is 1. The predicted octanol–water partition coefficient (Wildman–Crippen LogP) is 2.78. The molecule has 3 rings (SSSR count). The van der Waals surface area contributed by atoms with Gasteiger partial charge in [-0.1, -0.05) is 12.1 Å². The SMILES string of the molecule is COc1cccc(CN2CCC(N3CC(C)OC(C)C3)CC2)c1OC. The second kappa shape index (κ2) is 8.39. The summed E-state index contributed by atoms with van der Waals surface area (Å²) in [5.41, 5.74) is 1.20. The van der Waals surface area contributed by atoms with E-state index in [1.165, 1.54) is 18.4 Å². The van der Waals surface area contributed by atoms with Gasteiger partial charge in [0.05, 0.1) is 26.4 Å². The molecule has 2 aliphatic heterocycles. The fourth-order valence-corrected chi connectivity index (χ4v) is 4.28. The molecule has 5 heteroatoms. The lowest BCUT2D eigenvalue weighted by Gasteiger charge is -2.43. The molecule has 0 saturated carbocycles. The van der Waals surface area contributed by atoms with Crippen LogP contribution in [0.4, 0.5) is 0 Å². The van der Waals surface area contributed by atoms with Crippen LogP contribution in [0.15, 0.2) is 18.2 Å². The van der Waals surface area contributed by atoms with E-state index in [0.29, 0.717) is 18.2 Å². The standard InChI is InChI=1S/C20H32N2O3/c1-15-12-22(13-16(2)25-15)18-8-10-21(11-9-18)14-17-6-5-7-19(23-3)20(17)24-4/h5-7,15-16,18H,8-14H2,1-4H3. The summed E-state index contributed by atoms with van der Waals surface area (Å²) in [6.07, 6.45) is 3.16. The van der Waals surface area contributed by atoms with E-state index in [4.69, 9.17) is 14.2 Å². The largest absolute Gasteiger partial charge is 0.493 e. The van der Waals surface area contributed by atoms with Gasteiger partial charge in [-0.2, -0.15) is 0 Å². The maximum atomic E-state index is 5.88. The molecule has 2 heterocycles. The summed E-state index contributed by atoms with van der Waals surface area (Å²) >= 11 is 0. The van der Waals surface area contributed by atoms with Crippen molar-refractivity contribution in [2.75, 3.05) is 40.4 Å². The maximum Gasteiger partial charge on any atom is 0.165 e. The van der Waals surface area contributed by atoms with Gasteiger partial charge in [-0.25, -0.2) is 0 Å². The van der Waals surface area contributed by atoms with Crippen molar-refractivity contribution >= 4 is 0 Å². The third-order valence-corrected chi connectivity index (χ3v) is 5.40. The zero-order valence-electron chi connectivity index (χ0n) is 16.0. The average Bonchev–Trinajstić information content (AvgIpc) is 2.61. The molecule has 2 fully saturated rings. The Balaban J connectivity index is 1.56. The summed E-state index contributed by atoms with van der Waals surface area (Å²) in [6.45, 7) is 9.69. The van der Waals surface area contributed by atoms with Crippen LogP contribution < -0.4 is 9.47 Å². The Morgan fingerprint density at radius 1 is 1.04 bits per heavy atom. The van der Waals surface area contributed by atoms with Crippen LogP contribution in [0.3, 0.4) is 0 Å². The van der Waals surface area contributed by atoms with E-state index < -0.39 is 0 Å². The molecule has 0 radical (unpaired) electrons. The minimum Gasteiger partial charge on any atom is -0.493 e. The van der Waals surface area contributed by atoms with Gasteiger partial charge < -0.3 is 14.2 Å². The first-order valence-corrected chi connectivity index (χ1v) is 9.42. The highest BCUT2D eigenvalue weighted by Gasteiger charge is 2.30. The van der Waals surface area contributed by atoms with Gasteiger partial charge >= 0.3 is 0 Å². The number of nitrogens with zero attached hydrogens (tertiary/aromatic N) is 2. The summed E-state index contributed by atoms with van der Waals surface area (Å²) < 4.78 is 16.9. The molecule has 1 aromatic carbocycles. The normalized spacial score (nSPS) is 26.6. The van der Waals surface area contributed by atoms with Crippen molar-refractivity contribution in [2.45, 2.75) is 51.5 Å². The Labute approximate surface area is 151 Å². The van der Waals surface area contributed by atoms with E-state index in [2.05, 4.69) is 29.7 Å². The van der Waals surface area contributed by atoms with Crippen LogP contribution in [0.1, 0.15) is 32.3 Å². The molecule has 1 aromatic rings. The highest BCUT2D eigenvalue weighted by atomic mass is 16.5. The van der Waals surface area contributed by atoms with Crippen LogP contribution in [0, 0.1) is 0 Å². The Morgan fingerprint density at radius 3 is 2.32 bits per heavy atom. The number of piperidine rings is 1. The number of ether oxygens (including phenoxy) is 3. The van der Waals surface area contributed by atoms with E-state index in [1.807, 2.05) is 12.1 Å². The molecule has 2 atom stereocenters. The molecular formula is C20H32N2O3. The molecule has 0 bridgehead atoms. The van der Waals surface area contributed by atoms with Gasteiger partial charge in [-0.05, 0) is 45.8 Å². The van der Waals surface area contributed by atoms with Crippen LogP contribution in [0.5, 0.6) is 11.5 Å². The van der Waals surface area contributed by atoms with Gasteiger partial charge in [-0.15, -0.1) is 0 Å². The monoisotopic (exact) mass is 348 g/mol. The molecule has 0 N–H and O–H groups in total. The lowest BCUT2D eigenvalue weighted by molar-refractivity contribution is -0.0865. The van der Waals surface area contributed by atoms with Gasteiger partial charge in [0.1, 0.15) is 0 Å². The summed E-state index contributed by atoms with van der Waals surface area (Å²) in [5, 5.41) is 0. The van der Waals surface area contributed by atoms with Gasteiger partial charge in [0.15, 0.2) is 11.5 Å². The van der Waals surface area contributed by atoms with Crippen molar-refractivity contribution in [2.24, 2.45) is 0 Å². The summed E-state index contributed by atoms with van der Waals surface area (Å²) in [6, 6.07) is 6.82. The fourth-order valence-electron chi connectivity index (χ4n) is 4.28. The van der Waals surface area contributed by atoms with E-state index >= 15 is 0 Å². The van der Waals surface area contributed by atoms with Crippen molar-refractivity contribution in [3.8, 4) is 11.5 Å². The van der Waals surface area contributed by atoms with Crippen LogP contribution in [0.2, 0.25) is 0 Å². The van der Waals surface area contributed by atoms with Crippen molar-refractivity contribution in [1.29, 1.82) is 0 Å². The number of rotatable bonds is 5.